The first-order valence-electron chi connectivity index (χ1n) is 5.77. The molecule has 0 aromatic heterocycles. The zero-order valence-electron chi connectivity index (χ0n) is 9.18. The number of hydrogen-bond acceptors (Lipinski definition) is 3. The van der Waals surface area contributed by atoms with Crippen LogP contribution >= 0.6 is 20.6 Å². The second-order valence-corrected chi connectivity index (χ2v) is 7.30. The van der Waals surface area contributed by atoms with Gasteiger partial charge in [0.25, 0.3) is 0 Å². The van der Waals surface area contributed by atoms with Gasteiger partial charge in [-0.15, -0.1) is 0 Å². The zero-order valence-corrected chi connectivity index (χ0v) is 10.8. The molecule has 0 spiro atoms. The Morgan fingerprint density at radius 2 is 2.06 bits per heavy atom. The summed E-state index contributed by atoms with van der Waals surface area (Å²) in [5.41, 5.74) is 4.02. The highest BCUT2D eigenvalue weighted by Crippen LogP contribution is 2.57. The molecule has 1 saturated carbocycles. The van der Waals surface area contributed by atoms with E-state index in [-0.39, 0.29) is 9.80 Å². The van der Waals surface area contributed by atoms with E-state index in [0.29, 0.717) is 0 Å². The van der Waals surface area contributed by atoms with Crippen molar-refractivity contribution in [3.63, 3.8) is 0 Å². The van der Waals surface area contributed by atoms with Crippen molar-refractivity contribution >= 4 is 36.1 Å². The lowest BCUT2D eigenvalue weighted by Crippen LogP contribution is -2.18. The van der Waals surface area contributed by atoms with Gasteiger partial charge in [-0.3, -0.25) is 0 Å². The molecule has 2 aliphatic heterocycles. The van der Waals surface area contributed by atoms with Crippen LogP contribution in [0.5, 0.6) is 0 Å². The van der Waals surface area contributed by atoms with Gasteiger partial charge in [0.05, 0.1) is 20.4 Å². The summed E-state index contributed by atoms with van der Waals surface area (Å²) in [6.45, 7) is 0. The normalized spacial score (nSPS) is 25.8. The maximum atomic E-state index is 5.54. The van der Waals surface area contributed by atoms with Gasteiger partial charge in [0, 0.05) is 4.91 Å². The van der Waals surface area contributed by atoms with Gasteiger partial charge in [0.1, 0.15) is 0 Å². The highest BCUT2D eigenvalue weighted by Gasteiger charge is 2.36. The molecule has 0 N–H and O–H groups in total. The highest BCUT2D eigenvalue weighted by molar-refractivity contribution is 8.86. The lowest BCUT2D eigenvalue weighted by Gasteiger charge is -2.15. The largest absolute Gasteiger partial charge is 0.319 e. The van der Waals surface area contributed by atoms with E-state index in [4.69, 9.17) is 4.28 Å². The minimum atomic E-state index is -0.152. The number of oxime groups is 1. The standard InChI is InChI=1S/C13H11NOS2/c1-2-5-9(6-3-1)12-10-7-4-8-11-13(10)17(16-12)15-14-11/h1-3,5-6H,4,7-8H2. The van der Waals surface area contributed by atoms with Gasteiger partial charge < -0.3 is 4.28 Å². The van der Waals surface area contributed by atoms with E-state index >= 15 is 0 Å². The van der Waals surface area contributed by atoms with Crippen LogP contribution in [-0.2, 0) is 4.28 Å². The third-order valence-electron chi connectivity index (χ3n) is 3.23. The van der Waals surface area contributed by atoms with Crippen LogP contribution < -0.4 is 0 Å². The van der Waals surface area contributed by atoms with Crippen LogP contribution in [0.3, 0.4) is 0 Å². The zero-order chi connectivity index (χ0) is 11.2. The fourth-order valence-electron chi connectivity index (χ4n) is 2.45. The number of hydrogen-bond donors (Lipinski definition) is 0. The van der Waals surface area contributed by atoms with E-state index in [2.05, 4.69) is 35.5 Å². The smallest absolute Gasteiger partial charge is 0.0986 e. The van der Waals surface area contributed by atoms with Crippen LogP contribution in [0.2, 0.25) is 0 Å². The van der Waals surface area contributed by atoms with E-state index in [1.54, 1.807) is 0 Å². The van der Waals surface area contributed by atoms with E-state index in [1.807, 2.05) is 10.8 Å². The second kappa shape index (κ2) is 3.75. The van der Waals surface area contributed by atoms with Crippen LogP contribution in [0.4, 0.5) is 0 Å². The van der Waals surface area contributed by atoms with Crippen LogP contribution in [0.1, 0.15) is 24.8 Å². The maximum Gasteiger partial charge on any atom is 0.0986 e. The monoisotopic (exact) mass is 261 g/mol. The summed E-state index contributed by atoms with van der Waals surface area (Å²) in [6, 6.07) is 10.6. The SMILES string of the molecule is c1ccc(C2=C3CCCC4=NOS(=C43)S2)cc1. The average Bonchev–Trinajstić information content (AvgIpc) is 2.97. The molecule has 4 rings (SSSR count). The average molecular weight is 261 g/mol. The lowest BCUT2D eigenvalue weighted by molar-refractivity contribution is 0.413. The highest BCUT2D eigenvalue weighted by atomic mass is 33.1. The Labute approximate surface area is 106 Å². The lowest BCUT2D eigenvalue weighted by atomic mass is 9.91. The molecule has 1 atom stereocenters. The molecule has 3 aliphatic rings. The van der Waals surface area contributed by atoms with E-state index in [9.17, 15) is 0 Å². The fourth-order valence-corrected chi connectivity index (χ4v) is 6.35. The van der Waals surface area contributed by atoms with Gasteiger partial charge in [-0.1, -0.05) is 35.5 Å². The van der Waals surface area contributed by atoms with Gasteiger partial charge in [-0.05, 0) is 41.2 Å². The molecule has 0 bridgehead atoms. The van der Waals surface area contributed by atoms with Gasteiger partial charge in [-0.2, -0.15) is 0 Å². The fraction of sp³-hybridized carbons (Fsp3) is 0.231. The molecule has 1 fully saturated rings. The number of nitrogens with zero attached hydrogens (tertiary/aromatic N) is 1. The third kappa shape index (κ3) is 1.44. The Hall–Kier alpha value is -1.00. The molecule has 1 unspecified atom stereocenters. The maximum absolute atomic E-state index is 5.54. The Kier molecular flexibility index (Phi) is 2.20. The van der Waals surface area contributed by atoms with Gasteiger partial charge >= 0.3 is 0 Å². The number of benzene rings is 1. The van der Waals surface area contributed by atoms with Crippen molar-refractivity contribution in [1.82, 2.24) is 0 Å². The second-order valence-electron chi connectivity index (χ2n) is 4.29. The molecule has 1 aromatic rings. The molecule has 2 heterocycles. The predicted octanol–water partition coefficient (Wildman–Crippen LogP) is 3.99. The number of rotatable bonds is 1. The first kappa shape index (κ1) is 9.97. The van der Waals surface area contributed by atoms with Crippen LogP contribution in [0.25, 0.3) is 4.91 Å². The molecule has 4 heteroatoms. The first-order chi connectivity index (χ1) is 8.43. The molecule has 1 aliphatic carbocycles. The van der Waals surface area contributed by atoms with Crippen molar-refractivity contribution in [3.8, 4) is 0 Å². The molecular formula is C13H11NOS2. The molecular weight excluding hydrogens is 250 g/mol. The van der Waals surface area contributed by atoms with Gasteiger partial charge in [0.2, 0.25) is 0 Å². The molecule has 86 valence electrons. The summed E-state index contributed by atoms with van der Waals surface area (Å²) in [4.78, 5) is 2.82. The summed E-state index contributed by atoms with van der Waals surface area (Å²) in [5.74, 6) is 0. The summed E-state index contributed by atoms with van der Waals surface area (Å²) in [6.07, 6.45) is 3.47. The van der Waals surface area contributed by atoms with Crippen LogP contribution in [0.15, 0.2) is 41.1 Å². The number of allylic oxidation sites excluding steroid dienone is 1. The summed E-state index contributed by atoms with van der Waals surface area (Å²) in [7, 11) is 1.69. The van der Waals surface area contributed by atoms with Crippen molar-refractivity contribution in [2.75, 3.05) is 0 Å². The minimum absolute atomic E-state index is 0.152. The van der Waals surface area contributed by atoms with Crippen LogP contribution in [-0.4, -0.2) is 10.6 Å². The van der Waals surface area contributed by atoms with Crippen molar-refractivity contribution in [1.29, 1.82) is 0 Å². The van der Waals surface area contributed by atoms with Crippen molar-refractivity contribution in [2.24, 2.45) is 5.16 Å². The molecule has 0 saturated heterocycles. The third-order valence-corrected chi connectivity index (χ3v) is 6.69. The Bertz CT molecular complexity index is 587. The van der Waals surface area contributed by atoms with Crippen molar-refractivity contribution < 1.29 is 4.28 Å². The Morgan fingerprint density at radius 3 is 2.94 bits per heavy atom. The Morgan fingerprint density at radius 1 is 1.18 bits per heavy atom. The molecule has 1 aromatic carbocycles. The van der Waals surface area contributed by atoms with E-state index < -0.39 is 0 Å². The summed E-state index contributed by atoms with van der Waals surface area (Å²) >= 11 is 0. The summed E-state index contributed by atoms with van der Waals surface area (Å²) in [5, 5.41) is 4.21. The molecule has 0 amide bonds. The van der Waals surface area contributed by atoms with E-state index in [1.165, 1.54) is 39.5 Å². The quantitative estimate of drug-likeness (QED) is 0.563. The summed E-state index contributed by atoms with van der Waals surface area (Å²) < 4.78 is 5.54. The minimum Gasteiger partial charge on any atom is -0.319 e. The molecule has 0 radical (unpaired) electrons. The van der Waals surface area contributed by atoms with Crippen molar-refractivity contribution in [2.45, 2.75) is 19.3 Å². The molecule has 2 nitrogen and oxygen atoms in total. The topological polar surface area (TPSA) is 21.6 Å². The predicted molar refractivity (Wildman–Crippen MR) is 75.9 cm³/mol. The van der Waals surface area contributed by atoms with Crippen LogP contribution in [0, 0.1) is 0 Å². The van der Waals surface area contributed by atoms with Crippen molar-refractivity contribution in [3.05, 3.63) is 41.5 Å². The van der Waals surface area contributed by atoms with Gasteiger partial charge in [-0.25, -0.2) is 0 Å². The van der Waals surface area contributed by atoms with E-state index in [0.717, 1.165) is 6.42 Å². The van der Waals surface area contributed by atoms with Gasteiger partial charge in [0.15, 0.2) is 0 Å². The first-order valence-corrected chi connectivity index (χ1v) is 8.25. The molecule has 17 heavy (non-hydrogen) atoms. The Balaban J connectivity index is 1.85.